The second kappa shape index (κ2) is 17.8. The first kappa shape index (κ1) is 29.9. The summed E-state index contributed by atoms with van der Waals surface area (Å²) >= 11 is 0. The number of hydrogen-bond donors (Lipinski definition) is 0. The first-order chi connectivity index (χ1) is 18.3. The van der Waals surface area contributed by atoms with Crippen molar-refractivity contribution in [2.24, 2.45) is 7.05 Å². The Kier molecular flexibility index (Phi) is 14.4. The van der Waals surface area contributed by atoms with Crippen molar-refractivity contribution in [1.82, 2.24) is 9.55 Å². The third-order valence-electron chi connectivity index (χ3n) is 7.84. The lowest BCUT2D eigenvalue weighted by atomic mass is 10.1. The van der Waals surface area contributed by atoms with Crippen molar-refractivity contribution in [1.29, 1.82) is 0 Å². The van der Waals surface area contributed by atoms with Crippen LogP contribution in [0.5, 0.6) is 0 Å². The molecule has 0 unspecified atom stereocenters. The van der Waals surface area contributed by atoms with E-state index >= 15 is 0 Å². The molecule has 0 radical (unpaired) electrons. The third-order valence-corrected chi connectivity index (χ3v) is 10.6. The minimum Gasteiger partial charge on any atom is -0.327 e. The summed E-state index contributed by atoms with van der Waals surface area (Å²) in [4.78, 5) is 5.09. The van der Waals surface area contributed by atoms with E-state index in [1.54, 1.807) is 5.30 Å². The first-order valence-electron chi connectivity index (χ1n) is 15.5. The molecule has 1 heterocycles. The molecular formula is C34H53N2P. The maximum absolute atomic E-state index is 5.09. The largest absolute Gasteiger partial charge is 0.327 e. The van der Waals surface area contributed by atoms with Crippen LogP contribution < -0.4 is 5.30 Å². The average Bonchev–Trinajstić information content (AvgIpc) is 3.26. The summed E-state index contributed by atoms with van der Waals surface area (Å²) in [5.74, 6) is 1.14. The molecule has 1 aromatic heterocycles. The van der Waals surface area contributed by atoms with Crippen LogP contribution in [-0.2, 0) is 7.05 Å². The van der Waals surface area contributed by atoms with Gasteiger partial charge in [-0.1, -0.05) is 148 Å². The zero-order valence-corrected chi connectivity index (χ0v) is 25.1. The molecule has 3 aromatic rings. The third kappa shape index (κ3) is 9.86. The highest BCUT2D eigenvalue weighted by molar-refractivity contribution is 7.65. The predicted octanol–water partition coefficient (Wildman–Crippen LogP) is 10.6. The van der Waals surface area contributed by atoms with Crippen LogP contribution in [-0.4, -0.2) is 21.9 Å². The van der Waals surface area contributed by atoms with Crippen LogP contribution in [0.2, 0.25) is 0 Å². The second-order valence-corrected chi connectivity index (χ2v) is 13.4. The van der Waals surface area contributed by atoms with Gasteiger partial charge in [0.05, 0.1) is 11.0 Å². The summed E-state index contributed by atoms with van der Waals surface area (Å²) in [5, 5.41) is 1.58. The highest BCUT2D eigenvalue weighted by atomic mass is 31.1. The molecule has 204 valence electrons. The van der Waals surface area contributed by atoms with Gasteiger partial charge >= 0.3 is 0 Å². The van der Waals surface area contributed by atoms with Gasteiger partial charge in [0.2, 0.25) is 0 Å². The van der Waals surface area contributed by atoms with E-state index in [9.17, 15) is 0 Å². The summed E-state index contributed by atoms with van der Waals surface area (Å²) in [6.45, 7) is 4.61. The van der Waals surface area contributed by atoms with Crippen LogP contribution in [0.3, 0.4) is 0 Å². The standard InChI is InChI=1S/C34H53N2P/c1-4-6-8-10-12-14-16-22-28-37(29-23-17-15-13-11-9-7-5-2)33-27-21-18-24-30(33)34-35-31-25-19-20-26-32(31)36(34)3/h18-21,24-27H,4-17,22-23,28-29H2,1-3H3. The second-order valence-electron chi connectivity index (χ2n) is 10.9. The molecule has 0 aliphatic carbocycles. The van der Waals surface area contributed by atoms with Crippen molar-refractivity contribution >= 4 is 24.3 Å². The van der Waals surface area contributed by atoms with Gasteiger partial charge in [0.25, 0.3) is 0 Å². The molecule has 3 rings (SSSR count). The molecule has 0 bridgehead atoms. The number of imidazole rings is 1. The van der Waals surface area contributed by atoms with Crippen LogP contribution in [0.25, 0.3) is 22.4 Å². The minimum atomic E-state index is -0.156. The zero-order chi connectivity index (χ0) is 26.1. The Bertz CT molecular complexity index is 988. The maximum atomic E-state index is 5.09. The SMILES string of the molecule is CCCCCCCCCCP(CCCCCCCCCC)c1ccccc1-c1nc2ccccc2n1C. The average molecular weight is 521 g/mol. The van der Waals surface area contributed by atoms with Gasteiger partial charge in [0.15, 0.2) is 0 Å². The number of nitrogens with zero attached hydrogens (tertiary/aromatic N) is 2. The number of rotatable bonds is 20. The Labute approximate surface area is 229 Å². The summed E-state index contributed by atoms with van der Waals surface area (Å²) in [7, 11) is 2.03. The first-order valence-corrected chi connectivity index (χ1v) is 17.2. The van der Waals surface area contributed by atoms with E-state index in [-0.39, 0.29) is 7.92 Å². The van der Waals surface area contributed by atoms with Crippen molar-refractivity contribution in [3.63, 3.8) is 0 Å². The van der Waals surface area contributed by atoms with Crippen LogP contribution in [0.15, 0.2) is 48.5 Å². The lowest BCUT2D eigenvalue weighted by Crippen LogP contribution is -2.12. The zero-order valence-electron chi connectivity index (χ0n) is 24.2. The fourth-order valence-corrected chi connectivity index (χ4v) is 8.28. The van der Waals surface area contributed by atoms with Gasteiger partial charge < -0.3 is 4.57 Å². The van der Waals surface area contributed by atoms with Crippen molar-refractivity contribution in [2.45, 2.75) is 117 Å². The number of fused-ring (bicyclic) bond motifs is 1. The molecule has 0 saturated carbocycles. The van der Waals surface area contributed by atoms with E-state index in [2.05, 4.69) is 74.0 Å². The number of benzene rings is 2. The Morgan fingerprint density at radius 3 is 1.65 bits per heavy atom. The van der Waals surface area contributed by atoms with Gasteiger partial charge in [-0.25, -0.2) is 4.98 Å². The molecule has 0 aliphatic rings. The maximum Gasteiger partial charge on any atom is 0.141 e. The highest BCUT2D eigenvalue weighted by Crippen LogP contribution is 2.41. The predicted molar refractivity (Wildman–Crippen MR) is 168 cm³/mol. The lowest BCUT2D eigenvalue weighted by Gasteiger charge is -2.21. The van der Waals surface area contributed by atoms with Crippen LogP contribution in [0.1, 0.15) is 117 Å². The van der Waals surface area contributed by atoms with Crippen molar-refractivity contribution < 1.29 is 0 Å². The molecule has 2 nitrogen and oxygen atoms in total. The van der Waals surface area contributed by atoms with Crippen LogP contribution in [0, 0.1) is 0 Å². The molecule has 0 fully saturated rings. The molecule has 0 spiro atoms. The van der Waals surface area contributed by atoms with Crippen LogP contribution in [0.4, 0.5) is 0 Å². The topological polar surface area (TPSA) is 17.8 Å². The molecule has 3 heteroatoms. The van der Waals surface area contributed by atoms with Gasteiger partial charge in [-0.3, -0.25) is 0 Å². The normalized spacial score (nSPS) is 11.7. The van der Waals surface area contributed by atoms with Crippen LogP contribution >= 0.6 is 7.92 Å². The minimum absolute atomic E-state index is 0.156. The number of aromatic nitrogens is 2. The monoisotopic (exact) mass is 520 g/mol. The molecule has 0 amide bonds. The molecule has 37 heavy (non-hydrogen) atoms. The Morgan fingerprint density at radius 1 is 0.595 bits per heavy atom. The van der Waals surface area contributed by atoms with Crippen molar-refractivity contribution in [2.75, 3.05) is 12.3 Å². The van der Waals surface area contributed by atoms with Crippen molar-refractivity contribution in [3.05, 3.63) is 48.5 Å². The van der Waals surface area contributed by atoms with Gasteiger partial charge in [-0.05, 0) is 42.6 Å². The van der Waals surface area contributed by atoms with Gasteiger partial charge in [-0.2, -0.15) is 0 Å². The van der Waals surface area contributed by atoms with E-state index in [4.69, 9.17) is 4.98 Å². The fourth-order valence-electron chi connectivity index (χ4n) is 5.55. The quantitative estimate of drug-likeness (QED) is 0.107. The van der Waals surface area contributed by atoms with E-state index in [0.717, 1.165) is 11.3 Å². The van der Waals surface area contributed by atoms with Gasteiger partial charge in [0, 0.05) is 12.6 Å². The lowest BCUT2D eigenvalue weighted by molar-refractivity contribution is 0.584. The molecule has 0 aliphatic heterocycles. The Hall–Kier alpha value is -1.66. The molecule has 0 N–H and O–H groups in total. The number of para-hydroxylation sites is 2. The van der Waals surface area contributed by atoms with Gasteiger partial charge in [0.1, 0.15) is 5.82 Å². The number of unbranched alkanes of at least 4 members (excludes halogenated alkanes) is 14. The molecule has 0 atom stereocenters. The van der Waals surface area contributed by atoms with E-state index in [1.165, 1.54) is 126 Å². The summed E-state index contributed by atoms with van der Waals surface area (Å²) in [5.41, 5.74) is 3.69. The highest BCUT2D eigenvalue weighted by Gasteiger charge is 2.19. The van der Waals surface area contributed by atoms with E-state index in [0.29, 0.717) is 0 Å². The smallest absolute Gasteiger partial charge is 0.141 e. The van der Waals surface area contributed by atoms with E-state index in [1.807, 2.05) is 0 Å². The summed E-state index contributed by atoms with van der Waals surface area (Å²) in [6.07, 6.45) is 25.2. The number of aryl methyl sites for hydroxylation is 1. The Morgan fingerprint density at radius 2 is 1.08 bits per heavy atom. The molecular weight excluding hydrogens is 467 g/mol. The van der Waals surface area contributed by atoms with Crippen molar-refractivity contribution in [3.8, 4) is 11.4 Å². The number of hydrogen-bond acceptors (Lipinski definition) is 1. The van der Waals surface area contributed by atoms with E-state index < -0.39 is 0 Å². The Balaban J connectivity index is 1.64. The molecule has 0 saturated heterocycles. The fraction of sp³-hybridized carbons (Fsp3) is 0.618. The summed E-state index contributed by atoms with van der Waals surface area (Å²) < 4.78 is 2.30. The molecule has 2 aromatic carbocycles. The summed E-state index contributed by atoms with van der Waals surface area (Å²) in [6, 6.07) is 17.8. The van der Waals surface area contributed by atoms with Gasteiger partial charge in [-0.15, -0.1) is 0 Å².